The number of anilines is 1. The van der Waals surface area contributed by atoms with Gasteiger partial charge in [0.25, 0.3) is 5.91 Å². The molecule has 166 valence electrons. The van der Waals surface area contributed by atoms with Gasteiger partial charge in [-0.2, -0.15) is 5.10 Å². The highest BCUT2D eigenvalue weighted by molar-refractivity contribution is 7.22. The monoisotopic (exact) mass is 441 g/mol. The van der Waals surface area contributed by atoms with Crippen molar-refractivity contribution in [1.82, 2.24) is 19.7 Å². The predicted octanol–water partition coefficient (Wildman–Crippen LogP) is 3.98. The smallest absolute Gasteiger partial charge is 0.280 e. The number of ether oxygens (including phenoxy) is 1. The number of aromatic nitrogens is 3. The molecule has 1 amide bonds. The fourth-order valence-electron chi connectivity index (χ4n) is 3.93. The van der Waals surface area contributed by atoms with Gasteiger partial charge >= 0.3 is 0 Å². The Morgan fingerprint density at radius 2 is 1.97 bits per heavy atom. The van der Waals surface area contributed by atoms with Gasteiger partial charge in [-0.05, 0) is 57.9 Å². The molecule has 3 heterocycles. The molecule has 0 aliphatic carbocycles. The van der Waals surface area contributed by atoms with Gasteiger partial charge in [0, 0.05) is 37.9 Å². The second-order valence-corrected chi connectivity index (χ2v) is 9.48. The average molecular weight is 442 g/mol. The number of nitrogens with zero attached hydrogens (tertiary/aromatic N) is 5. The highest BCUT2D eigenvalue weighted by Crippen LogP contribution is 2.32. The van der Waals surface area contributed by atoms with Gasteiger partial charge in [0.1, 0.15) is 0 Å². The van der Waals surface area contributed by atoms with E-state index in [2.05, 4.69) is 49.8 Å². The van der Waals surface area contributed by atoms with Crippen molar-refractivity contribution in [1.29, 1.82) is 0 Å². The van der Waals surface area contributed by atoms with Crippen LogP contribution >= 0.6 is 11.3 Å². The molecule has 1 fully saturated rings. The first kappa shape index (κ1) is 21.9. The minimum atomic E-state index is -0.0933. The van der Waals surface area contributed by atoms with Crippen LogP contribution in [0.3, 0.4) is 0 Å². The maximum Gasteiger partial charge on any atom is 0.280 e. The lowest BCUT2D eigenvalue weighted by Gasteiger charge is -2.29. The summed E-state index contributed by atoms with van der Waals surface area (Å²) in [5.74, 6) is -0.0933. The predicted molar refractivity (Wildman–Crippen MR) is 125 cm³/mol. The molecule has 0 spiro atoms. The standard InChI is InChI=1S/C23H31N5O2S/c1-15(2)28-17(4)14-19(25-28)22(29)27(9-8-26-10-12-30-13-11-26)23-24-21-18(5)16(3)6-7-20(21)31-23/h6-7,14-15H,8-13H2,1-5H3. The average Bonchev–Trinajstić information content (AvgIpc) is 3.36. The normalized spacial score (nSPS) is 15.2. The van der Waals surface area contributed by atoms with Gasteiger partial charge in [0.05, 0.1) is 23.4 Å². The van der Waals surface area contributed by atoms with E-state index in [-0.39, 0.29) is 11.9 Å². The van der Waals surface area contributed by atoms with Crippen molar-refractivity contribution in [2.24, 2.45) is 0 Å². The number of hydrogen-bond donors (Lipinski definition) is 0. The number of carbonyl (C=O) groups excluding carboxylic acids is 1. The van der Waals surface area contributed by atoms with E-state index in [0.717, 1.165) is 53.9 Å². The molecule has 1 saturated heterocycles. The molecule has 3 aromatic rings. The van der Waals surface area contributed by atoms with E-state index in [1.807, 2.05) is 17.7 Å². The quantitative estimate of drug-likeness (QED) is 0.579. The molecular formula is C23H31N5O2S. The number of rotatable bonds is 6. The number of carbonyl (C=O) groups is 1. The molecule has 0 atom stereocenters. The van der Waals surface area contributed by atoms with Crippen LogP contribution in [0, 0.1) is 20.8 Å². The third-order valence-electron chi connectivity index (χ3n) is 5.92. The largest absolute Gasteiger partial charge is 0.379 e. The Labute approximate surface area is 187 Å². The summed E-state index contributed by atoms with van der Waals surface area (Å²) in [5.41, 5.74) is 4.82. The van der Waals surface area contributed by atoms with Gasteiger partial charge in [-0.1, -0.05) is 17.4 Å². The van der Waals surface area contributed by atoms with Crippen molar-refractivity contribution in [3.8, 4) is 0 Å². The zero-order valence-electron chi connectivity index (χ0n) is 19.0. The van der Waals surface area contributed by atoms with E-state index >= 15 is 0 Å². The lowest BCUT2D eigenvalue weighted by atomic mass is 10.1. The number of aryl methyl sites for hydroxylation is 3. The van der Waals surface area contributed by atoms with Crippen molar-refractivity contribution in [2.45, 2.75) is 40.7 Å². The van der Waals surface area contributed by atoms with Crippen LogP contribution in [0.15, 0.2) is 18.2 Å². The Kier molecular flexibility index (Phi) is 6.41. The van der Waals surface area contributed by atoms with Gasteiger partial charge in [-0.25, -0.2) is 4.98 Å². The molecule has 2 aromatic heterocycles. The second-order valence-electron chi connectivity index (χ2n) is 8.47. The molecule has 1 aromatic carbocycles. The van der Waals surface area contributed by atoms with Crippen molar-refractivity contribution < 1.29 is 9.53 Å². The molecule has 0 bridgehead atoms. The zero-order chi connectivity index (χ0) is 22.1. The Hall–Kier alpha value is -2.29. The molecule has 31 heavy (non-hydrogen) atoms. The van der Waals surface area contributed by atoms with E-state index in [1.54, 1.807) is 16.2 Å². The minimum Gasteiger partial charge on any atom is -0.379 e. The number of morpholine rings is 1. The van der Waals surface area contributed by atoms with Crippen LogP contribution in [0.2, 0.25) is 0 Å². The lowest BCUT2D eigenvalue weighted by Crippen LogP contribution is -2.43. The first-order valence-corrected chi connectivity index (χ1v) is 11.7. The third kappa shape index (κ3) is 4.51. The first-order valence-electron chi connectivity index (χ1n) is 10.9. The summed E-state index contributed by atoms with van der Waals surface area (Å²) in [5, 5.41) is 5.34. The topological polar surface area (TPSA) is 63.5 Å². The SMILES string of the molecule is Cc1ccc2sc(N(CCN3CCOCC3)C(=O)c3cc(C)n(C(C)C)n3)nc2c1C. The minimum absolute atomic E-state index is 0.0933. The van der Waals surface area contributed by atoms with Gasteiger partial charge in [0.15, 0.2) is 10.8 Å². The van der Waals surface area contributed by atoms with Crippen molar-refractivity contribution in [3.05, 3.63) is 40.7 Å². The number of thiazole rings is 1. The van der Waals surface area contributed by atoms with Gasteiger partial charge in [0.2, 0.25) is 0 Å². The maximum absolute atomic E-state index is 13.6. The molecule has 7 nitrogen and oxygen atoms in total. The Bertz CT molecular complexity index is 1080. The summed E-state index contributed by atoms with van der Waals surface area (Å²) in [6.07, 6.45) is 0. The molecule has 0 N–H and O–H groups in total. The summed E-state index contributed by atoms with van der Waals surface area (Å²) in [4.78, 5) is 22.6. The van der Waals surface area contributed by atoms with Crippen molar-refractivity contribution >= 4 is 32.6 Å². The molecule has 1 aliphatic heterocycles. The molecule has 8 heteroatoms. The Morgan fingerprint density at radius 1 is 1.23 bits per heavy atom. The van der Waals surface area contributed by atoms with Crippen LogP contribution in [0.1, 0.15) is 47.2 Å². The van der Waals surface area contributed by atoms with Gasteiger partial charge in [-0.15, -0.1) is 0 Å². The van der Waals surface area contributed by atoms with Crippen molar-refractivity contribution in [3.63, 3.8) is 0 Å². The number of hydrogen-bond acceptors (Lipinski definition) is 6. The van der Waals surface area contributed by atoms with E-state index in [1.165, 1.54) is 11.1 Å². The molecule has 4 rings (SSSR count). The highest BCUT2D eigenvalue weighted by Gasteiger charge is 2.26. The Balaban J connectivity index is 1.67. The number of amides is 1. The number of benzene rings is 1. The fourth-order valence-corrected chi connectivity index (χ4v) is 4.98. The first-order chi connectivity index (χ1) is 14.8. The van der Waals surface area contributed by atoms with Crippen LogP contribution in [-0.2, 0) is 4.74 Å². The van der Waals surface area contributed by atoms with Gasteiger partial charge < -0.3 is 4.74 Å². The molecule has 0 saturated carbocycles. The highest BCUT2D eigenvalue weighted by atomic mass is 32.1. The molecule has 1 aliphatic rings. The lowest BCUT2D eigenvalue weighted by molar-refractivity contribution is 0.0391. The van der Waals surface area contributed by atoms with Crippen LogP contribution in [-0.4, -0.2) is 65.0 Å². The van der Waals surface area contributed by atoms with Crippen LogP contribution in [0.25, 0.3) is 10.2 Å². The second kappa shape index (κ2) is 9.06. The molecule has 0 unspecified atom stereocenters. The summed E-state index contributed by atoms with van der Waals surface area (Å²) >= 11 is 1.57. The van der Waals surface area contributed by atoms with Crippen LogP contribution < -0.4 is 4.90 Å². The Morgan fingerprint density at radius 3 is 2.65 bits per heavy atom. The summed E-state index contributed by atoms with van der Waals surface area (Å²) in [6.45, 7) is 14.9. The maximum atomic E-state index is 13.6. The zero-order valence-corrected chi connectivity index (χ0v) is 19.8. The molecule has 0 radical (unpaired) electrons. The van der Waals surface area contributed by atoms with E-state index in [9.17, 15) is 4.79 Å². The van der Waals surface area contributed by atoms with Gasteiger partial charge in [-0.3, -0.25) is 19.3 Å². The number of fused-ring (bicyclic) bond motifs is 1. The van der Waals surface area contributed by atoms with E-state index < -0.39 is 0 Å². The van der Waals surface area contributed by atoms with E-state index in [0.29, 0.717) is 12.2 Å². The van der Waals surface area contributed by atoms with Crippen molar-refractivity contribution in [2.75, 3.05) is 44.3 Å². The fraction of sp³-hybridized carbons (Fsp3) is 0.522. The molecular weight excluding hydrogens is 410 g/mol. The summed E-state index contributed by atoms with van der Waals surface area (Å²) < 4.78 is 8.47. The summed E-state index contributed by atoms with van der Waals surface area (Å²) in [6, 6.07) is 6.30. The summed E-state index contributed by atoms with van der Waals surface area (Å²) in [7, 11) is 0. The van der Waals surface area contributed by atoms with E-state index in [4.69, 9.17) is 9.72 Å². The van der Waals surface area contributed by atoms with Crippen LogP contribution in [0.5, 0.6) is 0 Å². The van der Waals surface area contributed by atoms with Crippen LogP contribution in [0.4, 0.5) is 5.13 Å². The third-order valence-corrected chi connectivity index (χ3v) is 6.97.